The fourth-order valence-electron chi connectivity index (χ4n) is 4.08. The molecule has 0 aliphatic carbocycles. The van der Waals surface area contributed by atoms with Crippen LogP contribution in [0, 0.1) is 29.0 Å². The van der Waals surface area contributed by atoms with Gasteiger partial charge in [0.25, 0.3) is 0 Å². The van der Waals surface area contributed by atoms with Gasteiger partial charge in [-0.1, -0.05) is 12.1 Å². The van der Waals surface area contributed by atoms with Crippen molar-refractivity contribution in [3.8, 4) is 6.07 Å². The Kier molecular flexibility index (Phi) is 6.07. The largest absolute Gasteiger partial charge is 0.342 e. The van der Waals surface area contributed by atoms with Gasteiger partial charge < -0.3 is 15.1 Å². The molecule has 30 heavy (non-hydrogen) atoms. The second-order valence-corrected chi connectivity index (χ2v) is 7.84. The van der Waals surface area contributed by atoms with Crippen LogP contribution in [0.5, 0.6) is 0 Å². The number of hydrogen-bond acceptors (Lipinski definition) is 6. The second-order valence-electron chi connectivity index (χ2n) is 7.84. The van der Waals surface area contributed by atoms with Crippen LogP contribution in [0.1, 0.15) is 25.7 Å². The van der Waals surface area contributed by atoms with Gasteiger partial charge in [0.05, 0.1) is 11.8 Å². The molecule has 0 spiro atoms. The lowest BCUT2D eigenvalue weighted by Crippen LogP contribution is -2.45. The second kappa shape index (κ2) is 9.08. The minimum atomic E-state index is -0.337. The molecule has 7 nitrogen and oxygen atoms in total. The molecule has 1 aromatic heterocycles. The highest BCUT2D eigenvalue weighted by molar-refractivity contribution is 5.79. The number of hydrogen-bond donors (Lipinski definition) is 1. The van der Waals surface area contributed by atoms with E-state index in [2.05, 4.69) is 26.3 Å². The van der Waals surface area contributed by atoms with Crippen LogP contribution in [0.3, 0.4) is 0 Å². The van der Waals surface area contributed by atoms with E-state index in [1.165, 1.54) is 6.07 Å². The zero-order valence-electron chi connectivity index (χ0n) is 16.8. The number of piperidine rings is 2. The molecule has 2 saturated heterocycles. The Balaban J connectivity index is 1.34. The minimum Gasteiger partial charge on any atom is -0.342 e. The predicted molar refractivity (Wildman–Crippen MR) is 112 cm³/mol. The van der Waals surface area contributed by atoms with E-state index in [0.717, 1.165) is 25.7 Å². The molecule has 2 aromatic rings. The highest BCUT2D eigenvalue weighted by Gasteiger charge is 2.31. The Bertz CT molecular complexity index is 929. The fraction of sp³-hybridized carbons (Fsp3) is 0.455. The fourth-order valence-corrected chi connectivity index (χ4v) is 4.08. The Morgan fingerprint density at radius 3 is 2.53 bits per heavy atom. The quantitative estimate of drug-likeness (QED) is 0.835. The van der Waals surface area contributed by atoms with Crippen LogP contribution in [0.4, 0.5) is 21.8 Å². The molecular weight excluding hydrogens is 383 g/mol. The number of likely N-dealkylation sites (tertiary alicyclic amines) is 1. The van der Waals surface area contributed by atoms with Crippen molar-refractivity contribution < 1.29 is 9.18 Å². The molecule has 1 aromatic carbocycles. The smallest absolute Gasteiger partial charge is 0.227 e. The summed E-state index contributed by atoms with van der Waals surface area (Å²) < 4.78 is 13.9. The molecule has 4 rings (SSSR count). The number of benzene rings is 1. The summed E-state index contributed by atoms with van der Waals surface area (Å²) in [7, 11) is 0. The molecule has 0 radical (unpaired) electrons. The SMILES string of the molecule is N#CC1CCN(C(=O)C2CCN(c3nccc(Nc4ccccc4F)n3)CC2)CC1. The normalized spacial score (nSPS) is 18.1. The number of rotatable bonds is 4. The molecule has 0 unspecified atom stereocenters. The number of nitrogens with one attached hydrogen (secondary N) is 1. The Morgan fingerprint density at radius 2 is 1.83 bits per heavy atom. The van der Waals surface area contributed by atoms with Crippen LogP contribution >= 0.6 is 0 Å². The Labute approximate surface area is 175 Å². The van der Waals surface area contributed by atoms with Crippen LogP contribution < -0.4 is 10.2 Å². The molecular formula is C22H25FN6O. The standard InChI is InChI=1S/C22H25FN6O/c23-18-3-1-2-4-19(18)26-20-5-10-25-22(27-20)29-13-8-17(9-14-29)21(30)28-11-6-16(15-24)7-12-28/h1-5,10,16-17H,6-9,11-14H2,(H,25,26,27). The van der Waals surface area contributed by atoms with Gasteiger partial charge in [-0.15, -0.1) is 0 Å². The van der Waals surface area contributed by atoms with Gasteiger partial charge in [-0.2, -0.15) is 10.2 Å². The summed E-state index contributed by atoms with van der Waals surface area (Å²) in [6.45, 7) is 2.77. The van der Waals surface area contributed by atoms with Crippen molar-refractivity contribution in [1.29, 1.82) is 5.26 Å². The number of para-hydroxylation sites is 1. The summed E-state index contributed by atoms with van der Waals surface area (Å²) in [5.74, 6) is 1.08. The lowest BCUT2D eigenvalue weighted by atomic mass is 9.92. The maximum atomic E-state index is 13.9. The number of nitrogens with zero attached hydrogens (tertiary/aromatic N) is 5. The monoisotopic (exact) mass is 408 g/mol. The third-order valence-corrected chi connectivity index (χ3v) is 5.90. The summed E-state index contributed by atoms with van der Waals surface area (Å²) in [4.78, 5) is 25.7. The predicted octanol–water partition coefficient (Wildman–Crippen LogP) is 3.34. The summed E-state index contributed by atoms with van der Waals surface area (Å²) in [6.07, 6.45) is 4.71. The molecule has 2 aliphatic heterocycles. The van der Waals surface area contributed by atoms with Gasteiger partial charge >= 0.3 is 0 Å². The lowest BCUT2D eigenvalue weighted by molar-refractivity contribution is -0.137. The lowest BCUT2D eigenvalue weighted by Gasteiger charge is -2.36. The van der Waals surface area contributed by atoms with Gasteiger partial charge in [0, 0.05) is 44.2 Å². The minimum absolute atomic E-state index is 0.0135. The van der Waals surface area contributed by atoms with Crippen molar-refractivity contribution in [3.63, 3.8) is 0 Å². The average Bonchev–Trinajstić information content (AvgIpc) is 2.80. The summed E-state index contributed by atoms with van der Waals surface area (Å²) >= 11 is 0. The van der Waals surface area contributed by atoms with Crippen molar-refractivity contribution in [2.75, 3.05) is 36.4 Å². The first kappa shape index (κ1) is 20.1. The van der Waals surface area contributed by atoms with Crippen molar-refractivity contribution in [2.24, 2.45) is 11.8 Å². The molecule has 0 atom stereocenters. The first-order valence-electron chi connectivity index (χ1n) is 10.4. The van der Waals surface area contributed by atoms with Crippen molar-refractivity contribution in [3.05, 3.63) is 42.3 Å². The zero-order chi connectivity index (χ0) is 20.9. The van der Waals surface area contributed by atoms with Gasteiger partial charge in [-0.25, -0.2) is 9.37 Å². The van der Waals surface area contributed by atoms with Gasteiger partial charge in [-0.05, 0) is 43.9 Å². The highest BCUT2D eigenvalue weighted by atomic mass is 19.1. The van der Waals surface area contributed by atoms with Crippen molar-refractivity contribution in [1.82, 2.24) is 14.9 Å². The molecule has 1 N–H and O–H groups in total. The molecule has 0 bridgehead atoms. The van der Waals surface area contributed by atoms with Crippen LogP contribution in [0.2, 0.25) is 0 Å². The van der Waals surface area contributed by atoms with Crippen LogP contribution in [-0.2, 0) is 4.79 Å². The van der Waals surface area contributed by atoms with E-state index in [9.17, 15) is 9.18 Å². The van der Waals surface area contributed by atoms with E-state index < -0.39 is 0 Å². The van der Waals surface area contributed by atoms with Crippen LogP contribution in [0.25, 0.3) is 0 Å². The third kappa shape index (κ3) is 4.51. The zero-order valence-corrected chi connectivity index (χ0v) is 16.8. The van der Waals surface area contributed by atoms with E-state index in [0.29, 0.717) is 43.6 Å². The summed E-state index contributed by atoms with van der Waals surface area (Å²) in [6, 6.07) is 10.5. The van der Waals surface area contributed by atoms with Crippen LogP contribution in [0.15, 0.2) is 36.5 Å². The number of anilines is 3. The Hall–Kier alpha value is -3.21. The highest BCUT2D eigenvalue weighted by Crippen LogP contribution is 2.26. The molecule has 8 heteroatoms. The average molecular weight is 408 g/mol. The molecule has 3 heterocycles. The van der Waals surface area contributed by atoms with Gasteiger partial charge in [0.1, 0.15) is 11.6 Å². The van der Waals surface area contributed by atoms with E-state index in [4.69, 9.17) is 5.26 Å². The Morgan fingerprint density at radius 1 is 1.10 bits per heavy atom. The van der Waals surface area contributed by atoms with Gasteiger partial charge in [-0.3, -0.25) is 4.79 Å². The maximum absolute atomic E-state index is 13.9. The summed E-state index contributed by atoms with van der Waals surface area (Å²) in [5, 5.41) is 12.0. The molecule has 0 saturated carbocycles. The molecule has 2 aliphatic rings. The number of carbonyl (C=O) groups excluding carboxylic acids is 1. The topological polar surface area (TPSA) is 85.2 Å². The molecule has 1 amide bonds. The summed E-state index contributed by atoms with van der Waals surface area (Å²) in [5.41, 5.74) is 0.367. The van der Waals surface area contributed by atoms with E-state index in [1.54, 1.807) is 30.5 Å². The number of aromatic nitrogens is 2. The van der Waals surface area contributed by atoms with Gasteiger partial charge in [0.2, 0.25) is 11.9 Å². The maximum Gasteiger partial charge on any atom is 0.227 e. The third-order valence-electron chi connectivity index (χ3n) is 5.90. The number of nitriles is 1. The van der Waals surface area contributed by atoms with Crippen molar-refractivity contribution >= 4 is 23.4 Å². The first-order valence-corrected chi connectivity index (χ1v) is 10.4. The van der Waals surface area contributed by atoms with E-state index >= 15 is 0 Å². The first-order chi connectivity index (χ1) is 14.6. The van der Waals surface area contributed by atoms with Crippen molar-refractivity contribution in [2.45, 2.75) is 25.7 Å². The molecule has 156 valence electrons. The van der Waals surface area contributed by atoms with E-state index in [1.807, 2.05) is 4.90 Å². The number of carbonyl (C=O) groups is 1. The van der Waals surface area contributed by atoms with Crippen LogP contribution in [-0.4, -0.2) is 47.0 Å². The molecule has 2 fully saturated rings. The van der Waals surface area contributed by atoms with E-state index in [-0.39, 0.29) is 23.6 Å². The number of amides is 1. The van der Waals surface area contributed by atoms with Gasteiger partial charge in [0.15, 0.2) is 0 Å². The number of halogens is 1.